The van der Waals surface area contributed by atoms with Crippen LogP contribution in [0.15, 0.2) is 36.5 Å². The van der Waals surface area contributed by atoms with Gasteiger partial charge in [-0.05, 0) is 30.7 Å². The van der Waals surface area contributed by atoms with Crippen molar-refractivity contribution in [2.75, 3.05) is 7.11 Å². The van der Waals surface area contributed by atoms with Crippen LogP contribution in [0.5, 0.6) is 5.75 Å². The lowest BCUT2D eigenvalue weighted by atomic mass is 10.1. The number of methoxy groups -OCH3 is 1. The molecule has 0 bridgehead atoms. The molecule has 0 saturated carbocycles. The van der Waals surface area contributed by atoms with Crippen LogP contribution >= 0.6 is 23.2 Å². The standard InChI is InChI=1S/C17H13Cl2NO2/c1-10-4-3-5-20-15(10)7-12(16(20)9-21)11-6-14(19)17(22-2)8-13(11)18/h3-9H,1-2H3. The molecule has 0 aliphatic carbocycles. The van der Waals surface area contributed by atoms with Crippen LogP contribution in [-0.4, -0.2) is 17.8 Å². The maximum atomic E-state index is 11.6. The molecule has 0 aliphatic rings. The van der Waals surface area contributed by atoms with Gasteiger partial charge >= 0.3 is 0 Å². The minimum absolute atomic E-state index is 0.450. The van der Waals surface area contributed by atoms with E-state index in [0.717, 1.165) is 22.9 Å². The number of benzene rings is 1. The molecule has 5 heteroatoms. The van der Waals surface area contributed by atoms with E-state index in [0.29, 0.717) is 27.1 Å². The molecule has 2 heterocycles. The first-order valence-corrected chi connectivity index (χ1v) is 7.41. The van der Waals surface area contributed by atoms with Gasteiger partial charge in [0.15, 0.2) is 6.29 Å². The van der Waals surface area contributed by atoms with Gasteiger partial charge in [0.2, 0.25) is 0 Å². The molecule has 0 saturated heterocycles. The van der Waals surface area contributed by atoms with E-state index in [1.165, 1.54) is 7.11 Å². The lowest BCUT2D eigenvalue weighted by Gasteiger charge is -2.08. The fourth-order valence-electron chi connectivity index (χ4n) is 2.59. The summed E-state index contributed by atoms with van der Waals surface area (Å²) in [7, 11) is 1.53. The van der Waals surface area contributed by atoms with E-state index in [-0.39, 0.29) is 0 Å². The Morgan fingerprint density at radius 2 is 1.91 bits per heavy atom. The fraction of sp³-hybridized carbons (Fsp3) is 0.118. The van der Waals surface area contributed by atoms with Crippen LogP contribution in [0.3, 0.4) is 0 Å². The summed E-state index contributed by atoms with van der Waals surface area (Å²) in [6, 6.07) is 9.23. The van der Waals surface area contributed by atoms with Crippen LogP contribution in [0, 0.1) is 6.92 Å². The van der Waals surface area contributed by atoms with Gasteiger partial charge < -0.3 is 9.14 Å². The van der Waals surface area contributed by atoms with E-state index in [9.17, 15) is 4.79 Å². The van der Waals surface area contributed by atoms with Gasteiger partial charge in [0, 0.05) is 28.9 Å². The molecule has 2 aromatic heterocycles. The number of hydrogen-bond donors (Lipinski definition) is 0. The molecule has 22 heavy (non-hydrogen) atoms. The van der Waals surface area contributed by atoms with Crippen LogP contribution in [0.2, 0.25) is 10.0 Å². The number of aryl methyl sites for hydroxylation is 1. The third-order valence-electron chi connectivity index (χ3n) is 3.70. The van der Waals surface area contributed by atoms with Gasteiger partial charge in [0.05, 0.1) is 22.8 Å². The molecule has 0 spiro atoms. The van der Waals surface area contributed by atoms with Crippen molar-refractivity contribution in [3.8, 4) is 16.9 Å². The van der Waals surface area contributed by atoms with Crippen LogP contribution in [-0.2, 0) is 0 Å². The maximum Gasteiger partial charge on any atom is 0.167 e. The van der Waals surface area contributed by atoms with Crippen molar-refractivity contribution in [1.29, 1.82) is 0 Å². The zero-order chi connectivity index (χ0) is 15.9. The number of rotatable bonds is 3. The highest BCUT2D eigenvalue weighted by atomic mass is 35.5. The quantitative estimate of drug-likeness (QED) is 0.628. The zero-order valence-corrected chi connectivity index (χ0v) is 13.6. The van der Waals surface area contributed by atoms with Gasteiger partial charge in [-0.1, -0.05) is 29.3 Å². The van der Waals surface area contributed by atoms with Crippen molar-refractivity contribution in [2.24, 2.45) is 0 Å². The number of aromatic nitrogens is 1. The molecule has 0 fully saturated rings. The highest BCUT2D eigenvalue weighted by Gasteiger charge is 2.17. The van der Waals surface area contributed by atoms with E-state index in [4.69, 9.17) is 27.9 Å². The monoisotopic (exact) mass is 333 g/mol. The second kappa shape index (κ2) is 5.67. The second-order valence-electron chi connectivity index (χ2n) is 4.97. The number of halogens is 2. The SMILES string of the molecule is COc1cc(Cl)c(-c2cc3c(C)cccn3c2C=O)cc1Cl. The van der Waals surface area contributed by atoms with Crippen LogP contribution in [0.4, 0.5) is 0 Å². The molecule has 0 atom stereocenters. The molecule has 112 valence electrons. The molecule has 0 aliphatic heterocycles. The average molecular weight is 334 g/mol. The normalized spacial score (nSPS) is 10.9. The van der Waals surface area contributed by atoms with Gasteiger partial charge in [-0.3, -0.25) is 4.79 Å². The van der Waals surface area contributed by atoms with E-state index < -0.39 is 0 Å². The van der Waals surface area contributed by atoms with Crippen molar-refractivity contribution >= 4 is 35.0 Å². The summed E-state index contributed by atoms with van der Waals surface area (Å²) in [6.45, 7) is 2.00. The first-order chi connectivity index (χ1) is 10.6. The molecule has 0 N–H and O–H groups in total. The topological polar surface area (TPSA) is 30.7 Å². The van der Waals surface area contributed by atoms with Crippen LogP contribution in [0.1, 0.15) is 16.1 Å². The largest absolute Gasteiger partial charge is 0.495 e. The number of aldehydes is 1. The molecule has 0 unspecified atom stereocenters. The zero-order valence-electron chi connectivity index (χ0n) is 12.1. The fourth-order valence-corrected chi connectivity index (χ4v) is 3.09. The van der Waals surface area contributed by atoms with Crippen molar-refractivity contribution in [3.63, 3.8) is 0 Å². The van der Waals surface area contributed by atoms with Gasteiger partial charge in [-0.2, -0.15) is 0 Å². The summed E-state index contributed by atoms with van der Waals surface area (Å²) in [5.41, 5.74) is 4.04. The van der Waals surface area contributed by atoms with Crippen LogP contribution in [0.25, 0.3) is 16.6 Å². The van der Waals surface area contributed by atoms with E-state index >= 15 is 0 Å². The average Bonchev–Trinajstić information content (AvgIpc) is 2.88. The number of carbonyl (C=O) groups excluding carboxylic acids is 1. The minimum Gasteiger partial charge on any atom is -0.495 e. The van der Waals surface area contributed by atoms with Gasteiger partial charge in [0.25, 0.3) is 0 Å². The maximum absolute atomic E-state index is 11.6. The number of ether oxygens (including phenoxy) is 1. The van der Waals surface area contributed by atoms with Crippen molar-refractivity contribution < 1.29 is 9.53 Å². The first-order valence-electron chi connectivity index (χ1n) is 6.66. The second-order valence-corrected chi connectivity index (χ2v) is 5.79. The Kier molecular flexibility index (Phi) is 3.85. The highest BCUT2D eigenvalue weighted by molar-refractivity contribution is 6.36. The Bertz CT molecular complexity index is 884. The van der Waals surface area contributed by atoms with Gasteiger partial charge in [0.1, 0.15) is 5.75 Å². The Morgan fingerprint density at radius 1 is 1.14 bits per heavy atom. The summed E-state index contributed by atoms with van der Waals surface area (Å²) in [6.07, 6.45) is 2.69. The van der Waals surface area contributed by atoms with Crippen molar-refractivity contribution in [1.82, 2.24) is 4.40 Å². The molecule has 1 aromatic carbocycles. The molecule has 3 nitrogen and oxygen atoms in total. The van der Waals surface area contributed by atoms with Crippen LogP contribution < -0.4 is 4.74 Å². The molecule has 0 radical (unpaired) electrons. The number of nitrogens with zero attached hydrogens (tertiary/aromatic N) is 1. The summed E-state index contributed by atoms with van der Waals surface area (Å²) in [4.78, 5) is 11.6. The number of carbonyl (C=O) groups is 1. The third-order valence-corrected chi connectivity index (χ3v) is 4.31. The summed E-state index contributed by atoms with van der Waals surface area (Å²) < 4.78 is 7.01. The lowest BCUT2D eigenvalue weighted by Crippen LogP contribution is -1.93. The molecule has 0 amide bonds. The summed E-state index contributed by atoms with van der Waals surface area (Å²) >= 11 is 12.5. The molecule has 3 aromatic rings. The Balaban J connectivity index is 2.33. The van der Waals surface area contributed by atoms with E-state index in [1.807, 2.05) is 35.7 Å². The Labute approximate surface area is 138 Å². The summed E-state index contributed by atoms with van der Waals surface area (Å²) in [5, 5.41) is 0.934. The first kappa shape index (κ1) is 14.9. The van der Waals surface area contributed by atoms with E-state index in [1.54, 1.807) is 12.1 Å². The number of fused-ring (bicyclic) bond motifs is 1. The van der Waals surface area contributed by atoms with Crippen molar-refractivity contribution in [3.05, 3.63) is 57.8 Å². The molecular weight excluding hydrogens is 321 g/mol. The minimum atomic E-state index is 0.450. The molecular formula is C17H13Cl2NO2. The predicted molar refractivity (Wildman–Crippen MR) is 89.5 cm³/mol. The van der Waals surface area contributed by atoms with E-state index in [2.05, 4.69) is 0 Å². The Morgan fingerprint density at radius 3 is 2.59 bits per heavy atom. The van der Waals surface area contributed by atoms with Crippen molar-refractivity contribution in [2.45, 2.75) is 6.92 Å². The molecule has 3 rings (SSSR count). The number of pyridine rings is 1. The summed E-state index contributed by atoms with van der Waals surface area (Å²) in [5.74, 6) is 0.503. The van der Waals surface area contributed by atoms with Gasteiger partial charge in [-0.15, -0.1) is 0 Å². The van der Waals surface area contributed by atoms with Gasteiger partial charge in [-0.25, -0.2) is 0 Å². The third kappa shape index (κ3) is 2.27. The Hall–Kier alpha value is -1.97. The lowest BCUT2D eigenvalue weighted by molar-refractivity contribution is 0.111. The number of hydrogen-bond acceptors (Lipinski definition) is 2. The predicted octanol–water partition coefficient (Wildman–Crippen LogP) is 5.04. The smallest absolute Gasteiger partial charge is 0.167 e. The highest BCUT2D eigenvalue weighted by Crippen LogP contribution is 2.39.